The summed E-state index contributed by atoms with van der Waals surface area (Å²) in [5.74, 6) is 0.738. The van der Waals surface area contributed by atoms with Crippen molar-refractivity contribution in [1.82, 2.24) is 4.98 Å². The molecule has 1 aliphatic heterocycles. The summed E-state index contributed by atoms with van der Waals surface area (Å²) >= 11 is 0. The van der Waals surface area contributed by atoms with Gasteiger partial charge >= 0.3 is 0 Å². The second-order valence-electron chi connectivity index (χ2n) is 5.56. The summed E-state index contributed by atoms with van der Waals surface area (Å²) in [7, 11) is -0.908. The molecule has 0 amide bonds. The maximum atomic E-state index is 11.9. The number of hydrogen-bond donors (Lipinski definition) is 1. The first-order chi connectivity index (χ1) is 11.3. The van der Waals surface area contributed by atoms with Crippen molar-refractivity contribution in [2.75, 3.05) is 16.6 Å². The summed E-state index contributed by atoms with van der Waals surface area (Å²) in [4.78, 5) is 3.33. The van der Waals surface area contributed by atoms with Crippen molar-refractivity contribution in [2.24, 2.45) is 0 Å². The zero-order valence-electron chi connectivity index (χ0n) is 12.5. The molecule has 23 heavy (non-hydrogen) atoms. The summed E-state index contributed by atoms with van der Waals surface area (Å²) in [6.07, 6.45) is 0.967. The molecule has 0 aliphatic carbocycles. The van der Waals surface area contributed by atoms with E-state index >= 15 is 0 Å². The van der Waals surface area contributed by atoms with E-state index in [4.69, 9.17) is 0 Å². The quantitative estimate of drug-likeness (QED) is 0.784. The van der Waals surface area contributed by atoms with Gasteiger partial charge in [-0.05, 0) is 30.2 Å². The molecule has 1 N–H and O–H groups in total. The number of nitrogens with zero attached hydrogens (tertiary/aromatic N) is 2. The molecule has 4 nitrogen and oxygen atoms in total. The van der Waals surface area contributed by atoms with Crippen molar-refractivity contribution < 1.29 is 4.21 Å². The Morgan fingerprint density at radius 2 is 1.91 bits per heavy atom. The Morgan fingerprint density at radius 3 is 2.61 bits per heavy atom. The summed E-state index contributed by atoms with van der Waals surface area (Å²) in [5.41, 5.74) is 4.40. The van der Waals surface area contributed by atoms with Gasteiger partial charge in [-0.3, -0.25) is 4.31 Å². The van der Waals surface area contributed by atoms with Crippen LogP contribution in [-0.2, 0) is 11.0 Å². The molecule has 2 heterocycles. The molecule has 1 aromatic heterocycles. The van der Waals surface area contributed by atoms with E-state index in [0.717, 1.165) is 46.6 Å². The molecule has 1 unspecified atom stereocenters. The third-order valence-corrected chi connectivity index (χ3v) is 5.71. The van der Waals surface area contributed by atoms with Gasteiger partial charge in [0.2, 0.25) is 0 Å². The molecule has 0 bridgehead atoms. The minimum Gasteiger partial charge on any atom is -0.353 e. The normalized spacial score (nSPS) is 17.5. The second-order valence-corrected chi connectivity index (χ2v) is 7.05. The number of hydrogen-bond acceptors (Lipinski definition) is 2. The van der Waals surface area contributed by atoms with Crippen molar-refractivity contribution in [3.8, 4) is 17.3 Å². The Labute approximate surface area is 136 Å². The van der Waals surface area contributed by atoms with Crippen LogP contribution < -0.4 is 4.31 Å². The number of nitriles is 1. The van der Waals surface area contributed by atoms with Crippen LogP contribution in [0.2, 0.25) is 0 Å². The fourth-order valence-corrected chi connectivity index (χ4v) is 4.35. The summed E-state index contributed by atoms with van der Waals surface area (Å²) < 4.78 is 13.9. The predicted octanol–water partition coefficient (Wildman–Crippen LogP) is 3.58. The first-order valence-corrected chi connectivity index (χ1v) is 8.83. The first-order valence-electron chi connectivity index (χ1n) is 7.55. The highest BCUT2D eigenvalue weighted by atomic mass is 32.2. The molecule has 5 heteroatoms. The van der Waals surface area contributed by atoms with Gasteiger partial charge in [0.05, 0.1) is 11.3 Å². The monoisotopic (exact) mass is 321 g/mol. The largest absolute Gasteiger partial charge is 0.353 e. The Kier molecular flexibility index (Phi) is 3.40. The second kappa shape index (κ2) is 5.56. The van der Waals surface area contributed by atoms with Crippen LogP contribution >= 0.6 is 0 Å². The first kappa shape index (κ1) is 14.0. The molecular formula is C18H15N3OS. The van der Waals surface area contributed by atoms with E-state index < -0.39 is 11.0 Å². The molecule has 1 atom stereocenters. The zero-order valence-corrected chi connectivity index (χ0v) is 13.3. The Morgan fingerprint density at radius 1 is 1.13 bits per heavy atom. The number of nitrogens with one attached hydrogen (secondary N) is 1. The van der Waals surface area contributed by atoms with Crippen LogP contribution in [0, 0.1) is 11.3 Å². The van der Waals surface area contributed by atoms with Gasteiger partial charge in [-0.25, -0.2) is 4.21 Å². The fraction of sp³-hybridized carbons (Fsp3) is 0.167. The van der Waals surface area contributed by atoms with E-state index in [1.807, 2.05) is 52.8 Å². The van der Waals surface area contributed by atoms with Crippen LogP contribution in [0.3, 0.4) is 0 Å². The van der Waals surface area contributed by atoms with E-state index in [0.29, 0.717) is 5.56 Å². The molecular weight excluding hydrogens is 306 g/mol. The SMILES string of the molecule is N#Cc1c(-c2ccc(N3CCCS3=O)cc2)[nH]c2ccccc12. The van der Waals surface area contributed by atoms with Crippen molar-refractivity contribution in [1.29, 1.82) is 5.26 Å². The van der Waals surface area contributed by atoms with Gasteiger partial charge in [-0.1, -0.05) is 30.3 Å². The smallest absolute Gasteiger partial charge is 0.119 e. The minimum absolute atomic E-state index is 0.665. The van der Waals surface area contributed by atoms with Crippen molar-refractivity contribution in [3.05, 3.63) is 54.1 Å². The number of para-hydroxylation sites is 1. The van der Waals surface area contributed by atoms with Crippen LogP contribution in [0.15, 0.2) is 48.5 Å². The minimum atomic E-state index is -0.908. The number of aromatic amines is 1. The third-order valence-electron chi connectivity index (χ3n) is 4.19. The maximum absolute atomic E-state index is 11.9. The van der Waals surface area contributed by atoms with Crippen molar-refractivity contribution in [2.45, 2.75) is 6.42 Å². The standard InChI is InChI=1S/C18H15N3OS/c19-12-16-15-4-1-2-5-17(15)20-18(16)13-6-8-14(9-7-13)21-10-3-11-23(21)22/h1-2,4-9,20H,3,10-11H2. The van der Waals surface area contributed by atoms with E-state index in [-0.39, 0.29) is 0 Å². The van der Waals surface area contributed by atoms with Crippen LogP contribution in [0.4, 0.5) is 5.69 Å². The van der Waals surface area contributed by atoms with E-state index in [1.165, 1.54) is 0 Å². The molecule has 1 aliphatic rings. The molecule has 0 radical (unpaired) electrons. The Bertz CT molecular complexity index is 937. The lowest BCUT2D eigenvalue weighted by atomic mass is 10.1. The van der Waals surface area contributed by atoms with Gasteiger partial charge in [0.1, 0.15) is 17.1 Å². The molecule has 3 aromatic rings. The average molecular weight is 321 g/mol. The number of fused-ring (bicyclic) bond motifs is 1. The third kappa shape index (κ3) is 2.32. The highest BCUT2D eigenvalue weighted by Gasteiger charge is 2.20. The van der Waals surface area contributed by atoms with Gasteiger partial charge in [0, 0.05) is 28.9 Å². The van der Waals surface area contributed by atoms with Gasteiger partial charge < -0.3 is 4.98 Å². The van der Waals surface area contributed by atoms with Crippen molar-refractivity contribution in [3.63, 3.8) is 0 Å². The van der Waals surface area contributed by atoms with Gasteiger partial charge in [0.25, 0.3) is 0 Å². The molecule has 1 saturated heterocycles. The number of anilines is 1. The number of benzene rings is 2. The highest BCUT2D eigenvalue weighted by Crippen LogP contribution is 2.31. The highest BCUT2D eigenvalue weighted by molar-refractivity contribution is 7.86. The average Bonchev–Trinajstić information content (AvgIpc) is 3.18. The fourth-order valence-electron chi connectivity index (χ4n) is 3.06. The lowest BCUT2D eigenvalue weighted by Gasteiger charge is -2.16. The van der Waals surface area contributed by atoms with Crippen LogP contribution in [-0.4, -0.2) is 21.5 Å². The van der Waals surface area contributed by atoms with Crippen LogP contribution in [0.1, 0.15) is 12.0 Å². The molecule has 114 valence electrons. The molecule has 2 aromatic carbocycles. The molecule has 0 spiro atoms. The number of H-pyrrole nitrogens is 1. The Balaban J connectivity index is 1.77. The lowest BCUT2D eigenvalue weighted by molar-refractivity contribution is 0.685. The predicted molar refractivity (Wildman–Crippen MR) is 93.4 cm³/mol. The number of aromatic nitrogens is 1. The summed E-state index contributed by atoms with van der Waals surface area (Å²) in [6.45, 7) is 0.835. The van der Waals surface area contributed by atoms with E-state index in [9.17, 15) is 9.47 Å². The summed E-state index contributed by atoms with van der Waals surface area (Å²) in [6, 6.07) is 18.0. The molecule has 0 saturated carbocycles. The topological polar surface area (TPSA) is 59.9 Å². The van der Waals surface area contributed by atoms with Crippen LogP contribution in [0.25, 0.3) is 22.2 Å². The van der Waals surface area contributed by atoms with E-state index in [1.54, 1.807) is 0 Å². The molecule has 1 fully saturated rings. The molecule has 4 rings (SSSR count). The van der Waals surface area contributed by atoms with Crippen LogP contribution in [0.5, 0.6) is 0 Å². The van der Waals surface area contributed by atoms with Gasteiger partial charge in [-0.15, -0.1) is 0 Å². The number of rotatable bonds is 2. The van der Waals surface area contributed by atoms with Crippen molar-refractivity contribution >= 4 is 27.6 Å². The van der Waals surface area contributed by atoms with E-state index in [2.05, 4.69) is 11.1 Å². The lowest BCUT2D eigenvalue weighted by Crippen LogP contribution is -2.19. The summed E-state index contributed by atoms with van der Waals surface area (Å²) in [5, 5.41) is 10.4. The maximum Gasteiger partial charge on any atom is 0.119 e. The zero-order chi connectivity index (χ0) is 15.8. The Hall–Kier alpha value is -2.58. The van der Waals surface area contributed by atoms with Gasteiger partial charge in [0.15, 0.2) is 0 Å². The van der Waals surface area contributed by atoms with Gasteiger partial charge in [-0.2, -0.15) is 5.26 Å².